The molecule has 1 aliphatic rings. The highest BCUT2D eigenvalue weighted by atomic mass is 16.2. The van der Waals surface area contributed by atoms with Crippen LogP contribution in [0.3, 0.4) is 0 Å². The summed E-state index contributed by atoms with van der Waals surface area (Å²) in [5.41, 5.74) is 6.77. The number of nitrogens with one attached hydrogen (secondary N) is 2. The van der Waals surface area contributed by atoms with Crippen LogP contribution in [0.1, 0.15) is 52.7 Å². The normalized spacial score (nSPS) is 16.7. The zero-order chi connectivity index (χ0) is 20.2. The number of hydrogen-bond acceptors (Lipinski definition) is 2. The number of carbonyl (C=O) groups is 1. The summed E-state index contributed by atoms with van der Waals surface area (Å²) < 4.78 is 0. The first-order valence-electron chi connectivity index (χ1n) is 10.4. The molecule has 3 nitrogen and oxygen atoms in total. The lowest BCUT2D eigenvalue weighted by molar-refractivity contribution is -0.118. The van der Waals surface area contributed by atoms with Crippen molar-refractivity contribution in [3.8, 4) is 0 Å². The molecule has 4 rings (SSSR count). The van der Waals surface area contributed by atoms with Gasteiger partial charge in [0.15, 0.2) is 0 Å². The van der Waals surface area contributed by atoms with E-state index in [2.05, 4.69) is 41.0 Å². The Kier molecular flexibility index (Phi) is 5.77. The third-order valence-corrected chi connectivity index (χ3v) is 5.78. The summed E-state index contributed by atoms with van der Waals surface area (Å²) in [4.78, 5) is 13.4. The van der Waals surface area contributed by atoms with Crippen LogP contribution in [0.4, 0.5) is 5.69 Å². The van der Waals surface area contributed by atoms with Crippen molar-refractivity contribution in [3.05, 3.63) is 101 Å². The van der Waals surface area contributed by atoms with Crippen molar-refractivity contribution in [1.82, 2.24) is 5.32 Å². The molecule has 0 aliphatic heterocycles. The van der Waals surface area contributed by atoms with E-state index < -0.39 is 6.04 Å². The van der Waals surface area contributed by atoms with Crippen LogP contribution in [0, 0.1) is 13.8 Å². The molecule has 0 fully saturated rings. The average molecular weight is 385 g/mol. The number of anilines is 1. The number of fused-ring (bicyclic) bond motifs is 1. The number of benzene rings is 3. The second-order valence-corrected chi connectivity index (χ2v) is 7.96. The predicted octanol–water partition coefficient (Wildman–Crippen LogP) is 5.65. The lowest BCUT2D eigenvalue weighted by Crippen LogP contribution is -2.37. The van der Waals surface area contributed by atoms with Gasteiger partial charge in [0.25, 0.3) is 0 Å². The van der Waals surface area contributed by atoms with Crippen molar-refractivity contribution < 1.29 is 4.79 Å². The number of aryl methyl sites for hydroxylation is 3. The maximum absolute atomic E-state index is 13.4. The van der Waals surface area contributed by atoms with Crippen LogP contribution < -0.4 is 10.6 Å². The van der Waals surface area contributed by atoms with E-state index in [9.17, 15) is 4.79 Å². The van der Waals surface area contributed by atoms with E-state index in [4.69, 9.17) is 0 Å². The van der Waals surface area contributed by atoms with Gasteiger partial charge in [-0.25, -0.2) is 0 Å². The first-order chi connectivity index (χ1) is 14.1. The molecule has 29 heavy (non-hydrogen) atoms. The highest BCUT2D eigenvalue weighted by molar-refractivity contribution is 5.96. The molecule has 0 saturated heterocycles. The highest BCUT2D eigenvalue weighted by Gasteiger charge is 2.27. The number of rotatable bonds is 5. The molecule has 0 radical (unpaired) electrons. The van der Waals surface area contributed by atoms with E-state index in [0.717, 1.165) is 41.6 Å². The molecule has 148 valence electrons. The summed E-state index contributed by atoms with van der Waals surface area (Å²) in [5.74, 6) is -0.0204. The number of carbonyl (C=O) groups excluding carboxylic acids is 1. The Morgan fingerprint density at radius 2 is 1.72 bits per heavy atom. The number of hydrogen-bond donors (Lipinski definition) is 2. The Morgan fingerprint density at radius 3 is 2.55 bits per heavy atom. The van der Waals surface area contributed by atoms with Crippen LogP contribution in [0.15, 0.2) is 72.8 Å². The first kappa shape index (κ1) is 19.4. The summed E-state index contributed by atoms with van der Waals surface area (Å²) in [7, 11) is 0. The van der Waals surface area contributed by atoms with Crippen molar-refractivity contribution in [2.24, 2.45) is 0 Å². The molecule has 0 bridgehead atoms. The van der Waals surface area contributed by atoms with E-state index in [-0.39, 0.29) is 11.9 Å². The molecule has 2 N–H and O–H groups in total. The van der Waals surface area contributed by atoms with Gasteiger partial charge in [0.2, 0.25) is 5.91 Å². The standard InChI is InChI=1S/C26H28N2O/c1-18-15-16-19(2)24(17-18)28-26(29)25(21-10-4-3-5-11-21)27-23-14-8-12-20-9-6-7-13-22(20)23/h3-7,9-11,13,15-17,23,25,27H,8,12,14H2,1-2H3,(H,28,29)/t23-,25-/m1/s1. The zero-order valence-electron chi connectivity index (χ0n) is 17.1. The van der Waals surface area contributed by atoms with E-state index in [1.54, 1.807) is 0 Å². The van der Waals surface area contributed by atoms with Gasteiger partial charge in [-0.3, -0.25) is 10.1 Å². The lowest BCUT2D eigenvalue weighted by atomic mass is 9.87. The molecular formula is C26H28N2O. The lowest BCUT2D eigenvalue weighted by Gasteiger charge is -2.30. The fraction of sp³-hybridized carbons (Fsp3) is 0.269. The third-order valence-electron chi connectivity index (χ3n) is 5.78. The van der Waals surface area contributed by atoms with Gasteiger partial charge in [0.1, 0.15) is 6.04 Å². The van der Waals surface area contributed by atoms with Gasteiger partial charge in [-0.2, -0.15) is 0 Å². The average Bonchev–Trinajstić information content (AvgIpc) is 2.75. The quantitative estimate of drug-likeness (QED) is 0.597. The molecule has 3 aromatic rings. The second-order valence-electron chi connectivity index (χ2n) is 7.96. The van der Waals surface area contributed by atoms with Crippen molar-refractivity contribution in [2.75, 3.05) is 5.32 Å². The van der Waals surface area contributed by atoms with Crippen LogP contribution in [0.25, 0.3) is 0 Å². The minimum absolute atomic E-state index is 0.0204. The molecule has 3 heteroatoms. The number of amides is 1. The molecule has 1 aliphatic carbocycles. The Hall–Kier alpha value is -2.91. The largest absolute Gasteiger partial charge is 0.324 e. The first-order valence-corrected chi connectivity index (χ1v) is 10.4. The van der Waals surface area contributed by atoms with Gasteiger partial charge in [-0.05, 0) is 67.0 Å². The minimum atomic E-state index is -0.410. The maximum Gasteiger partial charge on any atom is 0.246 e. The molecule has 0 heterocycles. The topological polar surface area (TPSA) is 41.1 Å². The van der Waals surface area contributed by atoms with Crippen LogP contribution in [-0.2, 0) is 11.2 Å². The van der Waals surface area contributed by atoms with Crippen LogP contribution >= 0.6 is 0 Å². The second kappa shape index (κ2) is 8.62. The van der Waals surface area contributed by atoms with E-state index in [0.29, 0.717) is 0 Å². The Bertz CT molecular complexity index is 997. The highest BCUT2D eigenvalue weighted by Crippen LogP contribution is 2.32. The molecule has 0 aromatic heterocycles. The Labute approximate surface area is 173 Å². The van der Waals surface area contributed by atoms with Gasteiger partial charge in [-0.1, -0.05) is 66.7 Å². The Morgan fingerprint density at radius 1 is 0.966 bits per heavy atom. The van der Waals surface area contributed by atoms with Crippen molar-refractivity contribution >= 4 is 11.6 Å². The molecule has 2 atom stereocenters. The summed E-state index contributed by atoms with van der Waals surface area (Å²) >= 11 is 0. The molecule has 0 spiro atoms. The zero-order valence-corrected chi connectivity index (χ0v) is 17.1. The van der Waals surface area contributed by atoms with Gasteiger partial charge >= 0.3 is 0 Å². The molecular weight excluding hydrogens is 356 g/mol. The summed E-state index contributed by atoms with van der Waals surface area (Å²) in [6, 6.07) is 24.5. The van der Waals surface area contributed by atoms with Crippen molar-refractivity contribution in [2.45, 2.75) is 45.2 Å². The van der Waals surface area contributed by atoms with Crippen molar-refractivity contribution in [1.29, 1.82) is 0 Å². The SMILES string of the molecule is Cc1ccc(C)c(NC(=O)[C@H](N[C@@H]2CCCc3ccccc32)c2ccccc2)c1. The minimum Gasteiger partial charge on any atom is -0.324 e. The molecule has 3 aromatic carbocycles. The Balaban J connectivity index is 1.63. The van der Waals surface area contributed by atoms with Crippen LogP contribution in [0.5, 0.6) is 0 Å². The fourth-order valence-corrected chi connectivity index (χ4v) is 4.17. The summed E-state index contributed by atoms with van der Waals surface area (Å²) in [5, 5.41) is 6.83. The predicted molar refractivity (Wildman–Crippen MR) is 119 cm³/mol. The summed E-state index contributed by atoms with van der Waals surface area (Å²) in [6.07, 6.45) is 3.28. The van der Waals surface area contributed by atoms with E-state index in [1.807, 2.05) is 56.3 Å². The van der Waals surface area contributed by atoms with Crippen LogP contribution in [-0.4, -0.2) is 5.91 Å². The van der Waals surface area contributed by atoms with Gasteiger partial charge in [0, 0.05) is 11.7 Å². The van der Waals surface area contributed by atoms with Gasteiger partial charge in [-0.15, -0.1) is 0 Å². The van der Waals surface area contributed by atoms with Gasteiger partial charge in [0.05, 0.1) is 0 Å². The van der Waals surface area contributed by atoms with E-state index >= 15 is 0 Å². The smallest absolute Gasteiger partial charge is 0.246 e. The molecule has 0 unspecified atom stereocenters. The van der Waals surface area contributed by atoms with E-state index in [1.165, 1.54) is 11.1 Å². The maximum atomic E-state index is 13.4. The third kappa shape index (κ3) is 4.41. The monoisotopic (exact) mass is 384 g/mol. The summed E-state index contributed by atoms with van der Waals surface area (Å²) in [6.45, 7) is 4.07. The molecule has 1 amide bonds. The van der Waals surface area contributed by atoms with Crippen molar-refractivity contribution in [3.63, 3.8) is 0 Å². The fourth-order valence-electron chi connectivity index (χ4n) is 4.17. The molecule has 0 saturated carbocycles. The van der Waals surface area contributed by atoms with Crippen LogP contribution in [0.2, 0.25) is 0 Å². The van der Waals surface area contributed by atoms with Gasteiger partial charge < -0.3 is 5.32 Å².